The number of nitrogens with zero attached hydrogens (tertiary/aromatic N) is 7. The molecule has 1 saturated heterocycles. The standard InChI is InChI=1S/C20H20ClN7O4S/c1-32-16-5-3-15(4-6-16)27-20(22-23-24-27)33-13-19(29)26-10-8-25(9-11-26)17-7-2-14(21)12-18(17)28(30)31/h2-7,12H,8-11,13H2,1H3. The second-order valence-electron chi connectivity index (χ2n) is 7.12. The average molecular weight is 490 g/mol. The third kappa shape index (κ3) is 5.17. The van der Waals surface area contributed by atoms with Crippen LogP contribution in [0.3, 0.4) is 0 Å². The van der Waals surface area contributed by atoms with Gasteiger partial charge >= 0.3 is 0 Å². The predicted molar refractivity (Wildman–Crippen MR) is 123 cm³/mol. The van der Waals surface area contributed by atoms with Crippen LogP contribution in [0.5, 0.6) is 5.75 Å². The molecule has 0 radical (unpaired) electrons. The molecular weight excluding hydrogens is 470 g/mol. The van der Waals surface area contributed by atoms with Crippen LogP contribution in [0.2, 0.25) is 5.02 Å². The molecule has 2 heterocycles. The number of thioether (sulfide) groups is 1. The number of piperazine rings is 1. The van der Waals surface area contributed by atoms with Gasteiger partial charge in [0.1, 0.15) is 11.4 Å². The van der Waals surface area contributed by atoms with Crippen molar-refractivity contribution >= 4 is 40.6 Å². The molecular formula is C20H20ClN7O4S. The van der Waals surface area contributed by atoms with Gasteiger partial charge in [0.2, 0.25) is 11.1 Å². The van der Waals surface area contributed by atoms with E-state index in [0.29, 0.717) is 42.0 Å². The minimum Gasteiger partial charge on any atom is -0.497 e. The summed E-state index contributed by atoms with van der Waals surface area (Å²) in [5, 5.41) is 23.9. The van der Waals surface area contributed by atoms with E-state index in [4.69, 9.17) is 16.3 Å². The molecule has 1 aromatic heterocycles. The third-order valence-corrected chi connectivity index (χ3v) is 6.33. The maximum absolute atomic E-state index is 12.8. The van der Waals surface area contributed by atoms with Crippen molar-refractivity contribution in [2.24, 2.45) is 0 Å². The fourth-order valence-corrected chi connectivity index (χ4v) is 4.44. The van der Waals surface area contributed by atoms with Crippen LogP contribution < -0.4 is 9.64 Å². The number of ether oxygens (including phenoxy) is 1. The summed E-state index contributed by atoms with van der Waals surface area (Å²) in [6.07, 6.45) is 0. The number of benzene rings is 2. The number of hydrogen-bond donors (Lipinski definition) is 0. The quantitative estimate of drug-likeness (QED) is 0.280. The van der Waals surface area contributed by atoms with Crippen LogP contribution in [0.15, 0.2) is 47.6 Å². The van der Waals surface area contributed by atoms with E-state index in [-0.39, 0.29) is 17.3 Å². The van der Waals surface area contributed by atoms with Crippen molar-refractivity contribution in [3.8, 4) is 11.4 Å². The van der Waals surface area contributed by atoms with Crippen LogP contribution in [-0.4, -0.2) is 75.0 Å². The summed E-state index contributed by atoms with van der Waals surface area (Å²) in [4.78, 5) is 27.3. The first-order chi connectivity index (χ1) is 16.0. The SMILES string of the molecule is COc1ccc(-n2nnnc2SCC(=O)N2CCN(c3ccc(Cl)cc3[N+](=O)[O-])CC2)cc1. The zero-order valence-electron chi connectivity index (χ0n) is 17.6. The minimum atomic E-state index is -0.442. The lowest BCUT2D eigenvalue weighted by Gasteiger charge is -2.35. The first-order valence-electron chi connectivity index (χ1n) is 9.98. The van der Waals surface area contributed by atoms with Gasteiger partial charge in [-0.05, 0) is 46.8 Å². The number of carbonyl (C=O) groups excluding carboxylic acids is 1. The maximum Gasteiger partial charge on any atom is 0.294 e. The lowest BCUT2D eigenvalue weighted by Crippen LogP contribution is -2.49. The molecule has 172 valence electrons. The second kappa shape index (κ2) is 10.0. The Morgan fingerprint density at radius 1 is 1.18 bits per heavy atom. The highest BCUT2D eigenvalue weighted by molar-refractivity contribution is 7.99. The van der Waals surface area contributed by atoms with Gasteiger partial charge in [-0.2, -0.15) is 4.68 Å². The molecule has 2 aromatic carbocycles. The van der Waals surface area contributed by atoms with Gasteiger partial charge in [0.05, 0.1) is 23.5 Å². The highest BCUT2D eigenvalue weighted by atomic mass is 35.5. The lowest BCUT2D eigenvalue weighted by atomic mass is 10.2. The molecule has 3 aromatic rings. The van der Waals surface area contributed by atoms with Gasteiger partial charge < -0.3 is 14.5 Å². The molecule has 0 spiro atoms. The van der Waals surface area contributed by atoms with Gasteiger partial charge in [0, 0.05) is 37.3 Å². The van der Waals surface area contributed by atoms with Crippen molar-refractivity contribution in [1.29, 1.82) is 0 Å². The lowest BCUT2D eigenvalue weighted by molar-refractivity contribution is -0.384. The third-order valence-electron chi connectivity index (χ3n) is 5.19. The van der Waals surface area contributed by atoms with Gasteiger partial charge in [0.15, 0.2) is 0 Å². The Labute approximate surface area is 198 Å². The van der Waals surface area contributed by atoms with E-state index in [2.05, 4.69) is 15.5 Å². The molecule has 33 heavy (non-hydrogen) atoms. The summed E-state index contributed by atoms with van der Waals surface area (Å²) in [7, 11) is 1.59. The number of nitro groups is 1. The molecule has 0 bridgehead atoms. The van der Waals surface area contributed by atoms with Crippen LogP contribution in [0.4, 0.5) is 11.4 Å². The second-order valence-corrected chi connectivity index (χ2v) is 8.50. The Morgan fingerprint density at radius 3 is 2.58 bits per heavy atom. The van der Waals surface area contributed by atoms with Crippen molar-refractivity contribution in [2.45, 2.75) is 5.16 Å². The fourth-order valence-electron chi connectivity index (χ4n) is 3.48. The molecule has 1 aliphatic heterocycles. The molecule has 1 amide bonds. The van der Waals surface area contributed by atoms with Gasteiger partial charge in [0.25, 0.3) is 5.69 Å². The van der Waals surface area contributed by atoms with Gasteiger partial charge in [-0.1, -0.05) is 23.4 Å². The maximum atomic E-state index is 12.8. The Kier molecular flexibility index (Phi) is 6.94. The van der Waals surface area contributed by atoms with Gasteiger partial charge in [-0.3, -0.25) is 14.9 Å². The highest BCUT2D eigenvalue weighted by Gasteiger charge is 2.26. The molecule has 0 N–H and O–H groups in total. The number of nitro benzene ring substituents is 1. The summed E-state index contributed by atoms with van der Waals surface area (Å²) in [6, 6.07) is 11.9. The smallest absolute Gasteiger partial charge is 0.294 e. The number of hydrogen-bond acceptors (Lipinski definition) is 9. The zero-order chi connectivity index (χ0) is 23.4. The van der Waals surface area contributed by atoms with Crippen molar-refractivity contribution < 1.29 is 14.5 Å². The number of aromatic nitrogens is 4. The summed E-state index contributed by atoms with van der Waals surface area (Å²) in [5.74, 6) is 0.853. The number of halogens is 1. The normalized spacial score (nSPS) is 13.8. The van der Waals surface area contributed by atoms with E-state index in [1.165, 1.54) is 17.8 Å². The molecule has 0 aliphatic carbocycles. The van der Waals surface area contributed by atoms with E-state index in [1.807, 2.05) is 17.0 Å². The number of amides is 1. The summed E-state index contributed by atoms with van der Waals surface area (Å²) >= 11 is 7.16. The molecule has 0 atom stereocenters. The van der Waals surface area contributed by atoms with Crippen LogP contribution in [0.1, 0.15) is 0 Å². The largest absolute Gasteiger partial charge is 0.497 e. The molecule has 13 heteroatoms. The summed E-state index contributed by atoms with van der Waals surface area (Å²) < 4.78 is 6.73. The highest BCUT2D eigenvalue weighted by Crippen LogP contribution is 2.31. The summed E-state index contributed by atoms with van der Waals surface area (Å²) in [5.41, 5.74) is 1.22. The molecule has 1 aliphatic rings. The first kappa shape index (κ1) is 22.8. The number of methoxy groups -OCH3 is 1. The fraction of sp³-hybridized carbons (Fsp3) is 0.300. The van der Waals surface area contributed by atoms with Crippen molar-refractivity contribution in [1.82, 2.24) is 25.1 Å². The molecule has 0 unspecified atom stereocenters. The molecule has 1 fully saturated rings. The van der Waals surface area contributed by atoms with Crippen molar-refractivity contribution in [2.75, 3.05) is 43.9 Å². The zero-order valence-corrected chi connectivity index (χ0v) is 19.2. The van der Waals surface area contributed by atoms with Crippen molar-refractivity contribution in [3.63, 3.8) is 0 Å². The van der Waals surface area contributed by atoms with E-state index in [1.54, 1.807) is 41.0 Å². The van der Waals surface area contributed by atoms with Crippen molar-refractivity contribution in [3.05, 3.63) is 57.6 Å². The van der Waals surface area contributed by atoms with Crippen LogP contribution in [-0.2, 0) is 4.79 Å². The Morgan fingerprint density at radius 2 is 1.91 bits per heavy atom. The average Bonchev–Trinajstić information content (AvgIpc) is 3.31. The van der Waals surface area contributed by atoms with Gasteiger partial charge in [-0.25, -0.2) is 0 Å². The number of carbonyl (C=O) groups is 1. The molecule has 4 rings (SSSR count). The predicted octanol–water partition coefficient (Wildman–Crippen LogP) is 2.67. The Bertz CT molecular complexity index is 1150. The Balaban J connectivity index is 1.35. The minimum absolute atomic E-state index is 0.0387. The topological polar surface area (TPSA) is 120 Å². The van der Waals surface area contributed by atoms with E-state index >= 15 is 0 Å². The van der Waals surface area contributed by atoms with E-state index in [9.17, 15) is 14.9 Å². The van der Waals surface area contributed by atoms with Gasteiger partial charge in [-0.15, -0.1) is 5.10 Å². The number of tetrazole rings is 1. The monoisotopic (exact) mass is 489 g/mol. The van der Waals surface area contributed by atoms with E-state index < -0.39 is 4.92 Å². The molecule has 0 saturated carbocycles. The van der Waals surface area contributed by atoms with E-state index in [0.717, 1.165) is 11.4 Å². The Hall–Kier alpha value is -3.38. The number of rotatable bonds is 7. The molecule has 11 nitrogen and oxygen atoms in total. The van der Waals surface area contributed by atoms with Crippen LogP contribution in [0, 0.1) is 10.1 Å². The number of anilines is 1. The summed E-state index contributed by atoms with van der Waals surface area (Å²) in [6.45, 7) is 1.90. The van der Waals surface area contributed by atoms with Crippen LogP contribution >= 0.6 is 23.4 Å². The van der Waals surface area contributed by atoms with Crippen LogP contribution in [0.25, 0.3) is 5.69 Å². The first-order valence-corrected chi connectivity index (χ1v) is 11.3.